The average molecular weight is 224 g/mol. The van der Waals surface area contributed by atoms with Gasteiger partial charge in [0.1, 0.15) is 0 Å². The van der Waals surface area contributed by atoms with Crippen molar-refractivity contribution in [3.8, 4) is 0 Å². The fourth-order valence-electron chi connectivity index (χ4n) is 1.86. The third-order valence-corrected chi connectivity index (χ3v) is 3.41. The van der Waals surface area contributed by atoms with Crippen LogP contribution in [0.1, 0.15) is 19.5 Å². The van der Waals surface area contributed by atoms with Crippen LogP contribution in [0.25, 0.3) is 0 Å². The third kappa shape index (κ3) is 1.61. The molecule has 1 aliphatic heterocycles. The molecule has 2 rings (SSSR count). The summed E-state index contributed by atoms with van der Waals surface area (Å²) >= 11 is 0. The van der Waals surface area contributed by atoms with E-state index in [9.17, 15) is 9.59 Å². The van der Waals surface area contributed by atoms with Gasteiger partial charge in [-0.15, -0.1) is 0 Å². The molecule has 0 spiro atoms. The minimum absolute atomic E-state index is 0.187. The van der Waals surface area contributed by atoms with Crippen molar-refractivity contribution in [1.29, 1.82) is 0 Å². The van der Waals surface area contributed by atoms with Crippen LogP contribution >= 0.6 is 0 Å². The first-order valence-corrected chi connectivity index (χ1v) is 5.29. The second-order valence-electron chi connectivity index (χ2n) is 4.62. The van der Waals surface area contributed by atoms with Crippen molar-refractivity contribution in [1.82, 2.24) is 9.13 Å². The lowest BCUT2D eigenvalue weighted by Gasteiger charge is -2.11. The summed E-state index contributed by atoms with van der Waals surface area (Å²) in [5, 5.41) is 0. The summed E-state index contributed by atoms with van der Waals surface area (Å²) in [7, 11) is 3.15. The molecule has 0 aromatic carbocycles. The van der Waals surface area contributed by atoms with Crippen LogP contribution in [0, 0.1) is 0 Å². The van der Waals surface area contributed by atoms with E-state index in [1.807, 2.05) is 13.8 Å². The molecule has 5 heteroatoms. The van der Waals surface area contributed by atoms with Crippen LogP contribution in [0.4, 0.5) is 0 Å². The van der Waals surface area contributed by atoms with Gasteiger partial charge in [-0.2, -0.15) is 0 Å². The molecule has 1 saturated heterocycles. The zero-order chi connectivity index (χ0) is 12.1. The summed E-state index contributed by atoms with van der Waals surface area (Å²) in [6, 6.07) is 1.50. The molecule has 5 nitrogen and oxygen atoms in total. The van der Waals surface area contributed by atoms with Crippen molar-refractivity contribution in [3.05, 3.63) is 32.6 Å². The Morgan fingerprint density at radius 1 is 1.38 bits per heavy atom. The Morgan fingerprint density at radius 3 is 2.44 bits per heavy atom. The summed E-state index contributed by atoms with van der Waals surface area (Å²) < 4.78 is 8.05. The van der Waals surface area contributed by atoms with Crippen LogP contribution < -0.4 is 11.2 Å². The van der Waals surface area contributed by atoms with E-state index in [1.165, 1.54) is 17.7 Å². The minimum atomic E-state index is -0.292. The Morgan fingerprint density at radius 2 is 1.94 bits per heavy atom. The van der Waals surface area contributed by atoms with E-state index >= 15 is 0 Å². The maximum absolute atomic E-state index is 11.7. The second-order valence-corrected chi connectivity index (χ2v) is 4.62. The molecule has 0 unspecified atom stereocenters. The highest BCUT2D eigenvalue weighted by atomic mass is 16.6. The Labute approximate surface area is 93.3 Å². The largest absolute Gasteiger partial charge is 0.366 e. The first-order chi connectivity index (χ1) is 7.35. The molecule has 0 saturated carbocycles. The van der Waals surface area contributed by atoms with E-state index < -0.39 is 0 Å². The Hall–Kier alpha value is -1.36. The Bertz CT molecular complexity index is 543. The van der Waals surface area contributed by atoms with E-state index in [0.29, 0.717) is 6.42 Å². The highest BCUT2D eigenvalue weighted by Gasteiger charge is 2.49. The van der Waals surface area contributed by atoms with Crippen LogP contribution in [0.5, 0.6) is 0 Å². The first kappa shape index (κ1) is 11.1. The lowest BCUT2D eigenvalue weighted by Crippen LogP contribution is -2.39. The van der Waals surface area contributed by atoms with Crippen LogP contribution in [0.2, 0.25) is 0 Å². The molecule has 1 aromatic heterocycles. The first-order valence-electron chi connectivity index (χ1n) is 5.29. The maximum Gasteiger partial charge on any atom is 0.330 e. The van der Waals surface area contributed by atoms with Crippen LogP contribution in [0.3, 0.4) is 0 Å². The molecular weight excluding hydrogens is 208 g/mol. The molecule has 1 aromatic rings. The van der Waals surface area contributed by atoms with E-state index in [4.69, 9.17) is 4.74 Å². The molecule has 0 bridgehead atoms. The minimum Gasteiger partial charge on any atom is -0.366 e. The van der Waals surface area contributed by atoms with Crippen molar-refractivity contribution in [2.75, 3.05) is 0 Å². The summed E-state index contributed by atoms with van der Waals surface area (Å²) in [5.41, 5.74) is -0.0642. The van der Waals surface area contributed by atoms with Crippen LogP contribution in [0.15, 0.2) is 15.7 Å². The van der Waals surface area contributed by atoms with Gasteiger partial charge in [-0.1, -0.05) is 0 Å². The summed E-state index contributed by atoms with van der Waals surface area (Å²) in [4.78, 5) is 23.2. The van der Waals surface area contributed by atoms with Crippen molar-refractivity contribution in [2.45, 2.75) is 32.0 Å². The van der Waals surface area contributed by atoms with Crippen LogP contribution in [-0.2, 0) is 25.3 Å². The number of hydrogen-bond donors (Lipinski definition) is 0. The number of ether oxygens (including phenoxy) is 1. The fourth-order valence-corrected chi connectivity index (χ4v) is 1.86. The molecular formula is C11H16N2O3. The molecule has 2 atom stereocenters. The van der Waals surface area contributed by atoms with Crippen molar-refractivity contribution in [3.63, 3.8) is 0 Å². The third-order valence-electron chi connectivity index (χ3n) is 3.41. The number of hydrogen-bond acceptors (Lipinski definition) is 3. The quantitative estimate of drug-likeness (QED) is 0.654. The lowest BCUT2D eigenvalue weighted by atomic mass is 10.0. The number of epoxide rings is 1. The molecule has 1 aliphatic rings. The van der Waals surface area contributed by atoms with E-state index in [2.05, 4.69) is 0 Å². The van der Waals surface area contributed by atoms with Crippen molar-refractivity contribution in [2.24, 2.45) is 14.1 Å². The molecule has 0 N–H and O–H groups in total. The van der Waals surface area contributed by atoms with Gasteiger partial charge in [0.15, 0.2) is 0 Å². The smallest absolute Gasteiger partial charge is 0.330 e. The highest BCUT2D eigenvalue weighted by Crippen LogP contribution is 2.38. The summed E-state index contributed by atoms with van der Waals surface area (Å²) in [6.45, 7) is 3.97. The van der Waals surface area contributed by atoms with Crippen molar-refractivity contribution >= 4 is 0 Å². The predicted molar refractivity (Wildman–Crippen MR) is 59.6 cm³/mol. The topological polar surface area (TPSA) is 56.5 Å². The number of nitrogens with zero attached hydrogens (tertiary/aromatic N) is 2. The maximum atomic E-state index is 11.7. The Kier molecular flexibility index (Phi) is 2.31. The zero-order valence-electron chi connectivity index (χ0n) is 9.98. The van der Waals surface area contributed by atoms with E-state index in [0.717, 1.165) is 10.3 Å². The monoisotopic (exact) mass is 224 g/mol. The van der Waals surface area contributed by atoms with Gasteiger partial charge in [-0.25, -0.2) is 4.79 Å². The molecule has 0 amide bonds. The van der Waals surface area contributed by atoms with Gasteiger partial charge in [0, 0.05) is 32.3 Å². The number of rotatable bonds is 2. The molecule has 1 fully saturated rings. The van der Waals surface area contributed by atoms with Gasteiger partial charge in [0.2, 0.25) is 0 Å². The average Bonchev–Trinajstić information content (AvgIpc) is 2.80. The zero-order valence-corrected chi connectivity index (χ0v) is 9.98. The van der Waals surface area contributed by atoms with Crippen molar-refractivity contribution < 1.29 is 4.74 Å². The molecule has 2 heterocycles. The molecule has 0 aliphatic carbocycles. The summed E-state index contributed by atoms with van der Waals surface area (Å²) in [6.07, 6.45) is 0.780. The Balaban J connectivity index is 2.43. The number of aromatic nitrogens is 2. The molecule has 0 radical (unpaired) electrons. The highest BCUT2D eigenvalue weighted by molar-refractivity contribution is 5.11. The van der Waals surface area contributed by atoms with Gasteiger partial charge < -0.3 is 9.30 Å². The van der Waals surface area contributed by atoms with E-state index in [-0.39, 0.29) is 23.0 Å². The lowest BCUT2D eigenvalue weighted by molar-refractivity contribution is 0.306. The van der Waals surface area contributed by atoms with Gasteiger partial charge in [0.25, 0.3) is 5.56 Å². The standard InChI is InChI=1S/C11H16N2O3/c1-7-11(2,16-7)6-8-5-9(14)13(4)10(15)12(8)3/h5,7H,6H2,1-4H3/t7-,11+/m1/s1. The van der Waals surface area contributed by atoms with Gasteiger partial charge in [-0.05, 0) is 13.8 Å². The van der Waals surface area contributed by atoms with Gasteiger partial charge in [-0.3, -0.25) is 9.36 Å². The summed E-state index contributed by atoms with van der Waals surface area (Å²) in [5.74, 6) is 0. The van der Waals surface area contributed by atoms with Gasteiger partial charge in [0.05, 0.1) is 11.7 Å². The van der Waals surface area contributed by atoms with Crippen LogP contribution in [-0.4, -0.2) is 20.8 Å². The fraction of sp³-hybridized carbons (Fsp3) is 0.636. The normalized spacial score (nSPS) is 28.1. The second kappa shape index (κ2) is 3.31. The van der Waals surface area contributed by atoms with Gasteiger partial charge >= 0.3 is 5.69 Å². The predicted octanol–water partition coefficient (Wildman–Crippen LogP) is -0.196. The van der Waals surface area contributed by atoms with E-state index in [1.54, 1.807) is 7.05 Å². The molecule has 88 valence electrons. The molecule has 16 heavy (non-hydrogen) atoms. The SMILES string of the molecule is C[C@H]1O[C@@]1(C)Cc1cc(=O)n(C)c(=O)n1C.